The summed E-state index contributed by atoms with van der Waals surface area (Å²) in [4.78, 5) is 44.9. The molecule has 3 aliphatic rings. The predicted molar refractivity (Wildman–Crippen MR) is 190 cm³/mol. The summed E-state index contributed by atoms with van der Waals surface area (Å²) in [6.07, 6.45) is 1.36. The van der Waals surface area contributed by atoms with Crippen molar-refractivity contribution in [2.75, 3.05) is 29.6 Å². The van der Waals surface area contributed by atoms with E-state index in [1.165, 1.54) is 5.01 Å². The van der Waals surface area contributed by atoms with Crippen LogP contribution in [0.3, 0.4) is 0 Å². The lowest BCUT2D eigenvalue weighted by atomic mass is 9.82. The van der Waals surface area contributed by atoms with Gasteiger partial charge in [-0.25, -0.2) is 5.01 Å². The summed E-state index contributed by atoms with van der Waals surface area (Å²) in [5.41, 5.74) is 1.89. The maximum atomic E-state index is 16.4. The molecule has 3 aromatic carbocycles. The van der Waals surface area contributed by atoms with Crippen LogP contribution in [0.5, 0.6) is 0 Å². The Balaban J connectivity index is 1.40. The minimum atomic E-state index is -3.56. The van der Waals surface area contributed by atoms with Crippen LogP contribution in [0.2, 0.25) is 18.6 Å². The second-order valence-corrected chi connectivity index (χ2v) is 17.3. The molecule has 0 unspecified atom stereocenters. The number of halogens is 1. The summed E-state index contributed by atoms with van der Waals surface area (Å²) in [6.45, 7) is 9.23. The molecule has 0 saturated carbocycles. The van der Waals surface area contributed by atoms with Gasteiger partial charge < -0.3 is 23.8 Å². The van der Waals surface area contributed by atoms with Crippen molar-refractivity contribution in [3.05, 3.63) is 108 Å². The molecular weight excluding hydrogens is 640 g/mol. The number of hydrogen-bond acceptors (Lipinski definition) is 6. The summed E-state index contributed by atoms with van der Waals surface area (Å²) >= 11 is 0. The van der Waals surface area contributed by atoms with Crippen molar-refractivity contribution in [3.63, 3.8) is 0 Å². The van der Waals surface area contributed by atoms with Crippen LogP contribution >= 0.6 is 0 Å². The molecule has 256 valence electrons. The van der Waals surface area contributed by atoms with Gasteiger partial charge in [0, 0.05) is 49.5 Å². The number of benzene rings is 3. The third kappa shape index (κ3) is 6.38. The van der Waals surface area contributed by atoms with Gasteiger partial charge in [-0.05, 0) is 42.4 Å². The number of anilines is 2. The number of ether oxygens (including phenoxy) is 1. The Labute approximate surface area is 287 Å². The van der Waals surface area contributed by atoms with Gasteiger partial charge >= 0.3 is 0 Å². The van der Waals surface area contributed by atoms with Crippen LogP contribution in [0.25, 0.3) is 0 Å². The molecule has 49 heavy (non-hydrogen) atoms. The predicted octanol–water partition coefficient (Wildman–Crippen LogP) is 5.94. The third-order valence-corrected chi connectivity index (χ3v) is 12.4. The molecular formula is C38H43FN4O5Si. The number of hydrogen-bond donors (Lipinski definition) is 1. The molecule has 0 aliphatic carbocycles. The molecule has 3 amide bonds. The van der Waals surface area contributed by atoms with Crippen LogP contribution in [-0.4, -0.2) is 67.6 Å². The van der Waals surface area contributed by atoms with E-state index in [4.69, 9.17) is 9.84 Å². The topological polar surface area (TPSA) is 103 Å². The zero-order valence-corrected chi connectivity index (χ0v) is 29.2. The van der Waals surface area contributed by atoms with Crippen LogP contribution in [0.1, 0.15) is 42.9 Å². The first-order valence-electron chi connectivity index (χ1n) is 16.8. The smallest absolute Gasteiger partial charge is 0.264 e. The summed E-state index contributed by atoms with van der Waals surface area (Å²) in [5, 5.41) is 15.9. The van der Waals surface area contributed by atoms with Crippen molar-refractivity contribution in [2.24, 2.45) is 11.0 Å². The number of rotatable bonds is 11. The van der Waals surface area contributed by atoms with Crippen LogP contribution in [0.4, 0.5) is 15.5 Å². The van der Waals surface area contributed by atoms with E-state index in [1.807, 2.05) is 67.6 Å². The van der Waals surface area contributed by atoms with E-state index in [-0.39, 0.29) is 56.8 Å². The van der Waals surface area contributed by atoms with E-state index < -0.39 is 31.6 Å². The molecule has 1 saturated heterocycles. The highest BCUT2D eigenvalue weighted by Crippen LogP contribution is 2.60. The third-order valence-electron chi connectivity index (χ3n) is 9.95. The zero-order chi connectivity index (χ0) is 34.9. The first kappa shape index (κ1) is 34.4. The molecule has 9 nitrogen and oxygen atoms in total. The molecule has 0 radical (unpaired) electrons. The van der Waals surface area contributed by atoms with Crippen LogP contribution < -0.4 is 9.91 Å². The molecule has 4 atom stereocenters. The summed E-state index contributed by atoms with van der Waals surface area (Å²) in [7, 11) is -3.56. The molecule has 3 aliphatic heterocycles. The molecule has 1 spiro atoms. The number of amides is 3. The van der Waals surface area contributed by atoms with Crippen molar-refractivity contribution in [1.29, 1.82) is 0 Å². The van der Waals surface area contributed by atoms with Crippen molar-refractivity contribution < 1.29 is 28.3 Å². The first-order chi connectivity index (χ1) is 23.5. The average Bonchev–Trinajstić information content (AvgIpc) is 3.51. The Hall–Kier alpha value is -4.45. The highest BCUT2D eigenvalue weighted by Gasteiger charge is 2.67. The Morgan fingerprint density at radius 3 is 2.45 bits per heavy atom. The Kier molecular flexibility index (Phi) is 9.70. The lowest BCUT2D eigenvalue weighted by Crippen LogP contribution is -2.45. The molecule has 11 heteroatoms. The van der Waals surface area contributed by atoms with Gasteiger partial charge in [-0.1, -0.05) is 73.7 Å². The number of hydrazone groups is 1. The Morgan fingerprint density at radius 2 is 1.80 bits per heavy atom. The monoisotopic (exact) mass is 682 g/mol. The quantitative estimate of drug-likeness (QED) is 0.153. The fraction of sp³-hybridized carbons (Fsp3) is 0.368. The van der Waals surface area contributed by atoms with Crippen molar-refractivity contribution in [3.8, 4) is 0 Å². The number of carbonyl (C=O) groups excluding carboxylic acids is 3. The first-order valence-corrected chi connectivity index (χ1v) is 19.8. The van der Waals surface area contributed by atoms with E-state index in [0.29, 0.717) is 23.4 Å². The van der Waals surface area contributed by atoms with Crippen molar-refractivity contribution >= 4 is 43.2 Å². The van der Waals surface area contributed by atoms with Crippen molar-refractivity contribution in [2.45, 2.75) is 63.1 Å². The van der Waals surface area contributed by atoms with Gasteiger partial charge in [0.25, 0.3) is 5.91 Å². The van der Waals surface area contributed by atoms with E-state index in [9.17, 15) is 19.5 Å². The van der Waals surface area contributed by atoms with Gasteiger partial charge in [-0.15, -0.1) is 6.58 Å². The SMILES string of the molecule is C=CCN1C(=O)[C@@]2(O[C@@H](CC(=O)N(CCO)Cc3ccccc3)[C@H]([Si](C)(C)F)[C@H]2C)c2cc(N3N=C(c4ccccc4)CCC3=O)ccc21. The maximum Gasteiger partial charge on any atom is 0.264 e. The van der Waals surface area contributed by atoms with E-state index >= 15 is 4.11 Å². The van der Waals surface area contributed by atoms with Gasteiger partial charge in [0.1, 0.15) is 0 Å². The summed E-state index contributed by atoms with van der Waals surface area (Å²) in [6, 6.07) is 24.5. The van der Waals surface area contributed by atoms with Gasteiger partial charge in [-0.3, -0.25) is 14.4 Å². The molecule has 1 fully saturated rings. The largest absolute Gasteiger partial charge is 0.395 e. The summed E-state index contributed by atoms with van der Waals surface area (Å²) in [5.74, 6) is -1.45. The fourth-order valence-corrected chi connectivity index (χ4v) is 10.3. The number of nitrogens with zero attached hydrogens (tertiary/aromatic N) is 4. The fourth-order valence-electron chi connectivity index (χ4n) is 7.79. The van der Waals surface area contributed by atoms with Gasteiger partial charge in [0.05, 0.1) is 36.2 Å². The van der Waals surface area contributed by atoms with Crippen LogP contribution in [0.15, 0.2) is 96.6 Å². The van der Waals surface area contributed by atoms with E-state index in [1.54, 1.807) is 47.2 Å². The normalized spacial score (nSPS) is 23.5. The number of carbonyl (C=O) groups is 3. The Bertz CT molecular complexity index is 1760. The second kappa shape index (κ2) is 13.8. The zero-order valence-electron chi connectivity index (χ0n) is 28.2. The van der Waals surface area contributed by atoms with Crippen LogP contribution in [0, 0.1) is 5.92 Å². The number of aliphatic hydroxyl groups excluding tert-OH is 1. The Morgan fingerprint density at radius 1 is 1.10 bits per heavy atom. The minimum absolute atomic E-state index is 0.107. The van der Waals surface area contributed by atoms with E-state index in [2.05, 4.69) is 6.58 Å². The maximum absolute atomic E-state index is 16.4. The van der Waals surface area contributed by atoms with Crippen LogP contribution in [-0.2, 0) is 31.3 Å². The minimum Gasteiger partial charge on any atom is -0.395 e. The highest BCUT2D eigenvalue weighted by molar-refractivity contribution is 6.72. The molecule has 0 bridgehead atoms. The lowest BCUT2D eigenvalue weighted by Gasteiger charge is -2.31. The van der Waals surface area contributed by atoms with Crippen molar-refractivity contribution in [1.82, 2.24) is 4.90 Å². The number of fused-ring (bicyclic) bond motifs is 2. The molecule has 0 aromatic heterocycles. The van der Waals surface area contributed by atoms with Gasteiger partial charge in [0.2, 0.25) is 20.2 Å². The average molecular weight is 683 g/mol. The molecule has 3 heterocycles. The standard InChI is InChI=1S/C38H43FN4O5Si/c1-5-20-42-32-18-16-29(43-34(45)19-17-31(40-43)28-14-10-7-11-15-28)23-30(32)38(37(42)47)26(2)36(49(3,4)39)33(48-38)24-35(46)41(21-22-44)25-27-12-8-6-9-13-27/h5-16,18,23,26,33,36,44H,1,17,19-22,24-25H2,2-4H3/t26-,33+,36-,38+/m1/s1. The van der Waals surface area contributed by atoms with Gasteiger partial charge in [0.15, 0.2) is 5.60 Å². The second-order valence-electron chi connectivity index (χ2n) is 13.5. The molecule has 3 aromatic rings. The molecule has 1 N–H and O–H groups in total. The van der Waals surface area contributed by atoms with E-state index in [0.717, 1.165) is 16.8 Å². The lowest BCUT2D eigenvalue weighted by molar-refractivity contribution is -0.149. The number of aliphatic hydroxyl groups is 1. The van der Waals surface area contributed by atoms with Gasteiger partial charge in [-0.2, -0.15) is 5.10 Å². The highest BCUT2D eigenvalue weighted by atomic mass is 28.4. The molecule has 6 rings (SSSR count). The summed E-state index contributed by atoms with van der Waals surface area (Å²) < 4.78 is 23.2.